The lowest BCUT2D eigenvalue weighted by Gasteiger charge is -2.11. The number of aromatic nitrogens is 2. The molecule has 5 nitrogen and oxygen atoms in total. The highest BCUT2D eigenvalue weighted by Gasteiger charge is 2.15. The van der Waals surface area contributed by atoms with E-state index in [0.29, 0.717) is 17.4 Å². The van der Waals surface area contributed by atoms with Crippen LogP contribution in [-0.2, 0) is 4.74 Å². The molecule has 0 bridgehead atoms. The summed E-state index contributed by atoms with van der Waals surface area (Å²) < 4.78 is 5.46. The molecule has 1 saturated heterocycles. The van der Waals surface area contributed by atoms with Gasteiger partial charge in [-0.25, -0.2) is 4.98 Å². The minimum atomic E-state index is 0.217. The fourth-order valence-corrected chi connectivity index (χ4v) is 1.68. The standard InChI is InChI=1S/C9H13ClN4O/c10-7-5-13-9(11)14-8(7)12-4-6-2-1-3-15-6/h5-6H,1-4H2,(H3,11,12,13,14). The fraction of sp³-hybridized carbons (Fsp3) is 0.556. The number of anilines is 2. The normalized spacial score (nSPS) is 20.5. The highest BCUT2D eigenvalue weighted by Crippen LogP contribution is 2.19. The Kier molecular flexibility index (Phi) is 3.23. The van der Waals surface area contributed by atoms with Crippen molar-refractivity contribution in [1.29, 1.82) is 0 Å². The van der Waals surface area contributed by atoms with Crippen molar-refractivity contribution in [1.82, 2.24) is 9.97 Å². The maximum atomic E-state index is 5.90. The minimum Gasteiger partial charge on any atom is -0.376 e. The summed E-state index contributed by atoms with van der Waals surface area (Å²) in [4.78, 5) is 7.78. The summed E-state index contributed by atoms with van der Waals surface area (Å²) in [6, 6.07) is 0. The number of hydrogen-bond donors (Lipinski definition) is 2. The van der Waals surface area contributed by atoms with Gasteiger partial charge in [0.15, 0.2) is 5.82 Å². The number of nitrogens with zero attached hydrogens (tertiary/aromatic N) is 2. The number of rotatable bonds is 3. The van der Waals surface area contributed by atoms with E-state index in [-0.39, 0.29) is 12.1 Å². The monoisotopic (exact) mass is 228 g/mol. The zero-order valence-corrected chi connectivity index (χ0v) is 9.00. The molecule has 0 spiro atoms. The summed E-state index contributed by atoms with van der Waals surface area (Å²) in [6.45, 7) is 1.54. The summed E-state index contributed by atoms with van der Waals surface area (Å²) >= 11 is 5.90. The fourth-order valence-electron chi connectivity index (χ4n) is 1.52. The number of nitrogen functional groups attached to an aromatic ring is 1. The van der Waals surface area contributed by atoms with Gasteiger partial charge in [-0.05, 0) is 12.8 Å². The lowest BCUT2D eigenvalue weighted by molar-refractivity contribution is 0.120. The van der Waals surface area contributed by atoms with Crippen LogP contribution in [0.4, 0.5) is 11.8 Å². The molecule has 0 amide bonds. The van der Waals surface area contributed by atoms with Gasteiger partial charge in [0, 0.05) is 13.2 Å². The molecule has 1 fully saturated rings. The largest absolute Gasteiger partial charge is 0.376 e. The average molecular weight is 229 g/mol. The molecule has 82 valence electrons. The van der Waals surface area contributed by atoms with E-state index in [1.807, 2.05) is 0 Å². The number of nitrogens with one attached hydrogen (secondary N) is 1. The lowest BCUT2D eigenvalue weighted by atomic mass is 10.2. The molecule has 0 saturated carbocycles. The van der Waals surface area contributed by atoms with E-state index in [1.54, 1.807) is 0 Å². The van der Waals surface area contributed by atoms with E-state index in [9.17, 15) is 0 Å². The number of ether oxygens (including phenoxy) is 1. The smallest absolute Gasteiger partial charge is 0.222 e. The van der Waals surface area contributed by atoms with E-state index < -0.39 is 0 Å². The van der Waals surface area contributed by atoms with Crippen LogP contribution in [0.3, 0.4) is 0 Å². The van der Waals surface area contributed by atoms with Gasteiger partial charge in [-0.3, -0.25) is 0 Å². The lowest BCUT2D eigenvalue weighted by Crippen LogP contribution is -2.19. The third-order valence-electron chi connectivity index (χ3n) is 2.28. The molecule has 1 atom stereocenters. The summed E-state index contributed by atoms with van der Waals surface area (Å²) in [5.74, 6) is 0.786. The molecule has 0 radical (unpaired) electrons. The first-order chi connectivity index (χ1) is 7.25. The van der Waals surface area contributed by atoms with Crippen LogP contribution in [0, 0.1) is 0 Å². The Labute approximate surface area is 93.0 Å². The Bertz CT molecular complexity index is 341. The topological polar surface area (TPSA) is 73.1 Å². The maximum Gasteiger partial charge on any atom is 0.222 e. The van der Waals surface area contributed by atoms with Crippen molar-refractivity contribution < 1.29 is 4.74 Å². The summed E-state index contributed by atoms with van der Waals surface area (Å²) in [5, 5.41) is 3.58. The summed E-state index contributed by atoms with van der Waals surface area (Å²) in [6.07, 6.45) is 3.93. The van der Waals surface area contributed by atoms with Crippen molar-refractivity contribution in [3.05, 3.63) is 11.2 Å². The Morgan fingerprint density at radius 3 is 3.27 bits per heavy atom. The predicted molar refractivity (Wildman–Crippen MR) is 58.9 cm³/mol. The van der Waals surface area contributed by atoms with Crippen molar-refractivity contribution >= 4 is 23.4 Å². The predicted octanol–water partition coefficient (Wildman–Crippen LogP) is 1.30. The van der Waals surface area contributed by atoms with E-state index >= 15 is 0 Å². The van der Waals surface area contributed by atoms with E-state index in [1.165, 1.54) is 6.20 Å². The molecule has 1 unspecified atom stereocenters. The molecular formula is C9H13ClN4O. The third kappa shape index (κ3) is 2.70. The highest BCUT2D eigenvalue weighted by atomic mass is 35.5. The minimum absolute atomic E-state index is 0.217. The molecule has 1 aromatic heterocycles. The molecule has 0 aliphatic carbocycles. The Balaban J connectivity index is 1.94. The number of nitrogens with two attached hydrogens (primary N) is 1. The van der Waals surface area contributed by atoms with Crippen LogP contribution >= 0.6 is 11.6 Å². The zero-order valence-electron chi connectivity index (χ0n) is 8.24. The molecule has 2 rings (SSSR count). The Morgan fingerprint density at radius 2 is 2.53 bits per heavy atom. The van der Waals surface area contributed by atoms with E-state index in [0.717, 1.165) is 19.4 Å². The van der Waals surface area contributed by atoms with Gasteiger partial charge in [0.25, 0.3) is 0 Å². The molecule has 6 heteroatoms. The molecule has 1 aliphatic rings. The SMILES string of the molecule is Nc1ncc(Cl)c(NCC2CCCO2)n1. The Hall–Kier alpha value is -1.07. The zero-order chi connectivity index (χ0) is 10.7. The van der Waals surface area contributed by atoms with Crippen LogP contribution in [0.25, 0.3) is 0 Å². The maximum absolute atomic E-state index is 5.90. The third-order valence-corrected chi connectivity index (χ3v) is 2.56. The Morgan fingerprint density at radius 1 is 1.67 bits per heavy atom. The molecule has 0 aromatic carbocycles. The van der Waals surface area contributed by atoms with Crippen LogP contribution in [0.15, 0.2) is 6.20 Å². The van der Waals surface area contributed by atoms with Crippen molar-refractivity contribution in [3.8, 4) is 0 Å². The van der Waals surface area contributed by atoms with E-state index in [2.05, 4.69) is 15.3 Å². The first-order valence-electron chi connectivity index (χ1n) is 4.89. The second-order valence-corrected chi connectivity index (χ2v) is 3.85. The summed E-state index contributed by atoms with van der Waals surface area (Å²) in [5.41, 5.74) is 5.46. The second-order valence-electron chi connectivity index (χ2n) is 3.44. The molecule has 1 aromatic rings. The van der Waals surface area contributed by atoms with Gasteiger partial charge in [0.1, 0.15) is 5.02 Å². The quantitative estimate of drug-likeness (QED) is 0.816. The molecule has 3 N–H and O–H groups in total. The van der Waals surface area contributed by atoms with Crippen LogP contribution < -0.4 is 11.1 Å². The van der Waals surface area contributed by atoms with Gasteiger partial charge in [-0.1, -0.05) is 11.6 Å². The second kappa shape index (κ2) is 4.63. The highest BCUT2D eigenvalue weighted by molar-refractivity contribution is 6.32. The van der Waals surface area contributed by atoms with Crippen molar-refractivity contribution in [3.63, 3.8) is 0 Å². The first-order valence-corrected chi connectivity index (χ1v) is 5.27. The van der Waals surface area contributed by atoms with Crippen molar-refractivity contribution in [2.45, 2.75) is 18.9 Å². The van der Waals surface area contributed by atoms with Crippen LogP contribution in [0.5, 0.6) is 0 Å². The molecule has 2 heterocycles. The van der Waals surface area contributed by atoms with Gasteiger partial charge in [-0.2, -0.15) is 4.98 Å². The van der Waals surface area contributed by atoms with Gasteiger partial charge in [-0.15, -0.1) is 0 Å². The molecular weight excluding hydrogens is 216 g/mol. The van der Waals surface area contributed by atoms with Crippen LogP contribution in [0.2, 0.25) is 5.02 Å². The van der Waals surface area contributed by atoms with Crippen molar-refractivity contribution in [2.24, 2.45) is 0 Å². The van der Waals surface area contributed by atoms with Gasteiger partial charge in [0.2, 0.25) is 5.95 Å². The number of halogens is 1. The average Bonchev–Trinajstić information content (AvgIpc) is 2.72. The summed E-state index contributed by atoms with van der Waals surface area (Å²) in [7, 11) is 0. The van der Waals surface area contributed by atoms with Gasteiger partial charge in [0.05, 0.1) is 12.3 Å². The molecule has 15 heavy (non-hydrogen) atoms. The first kappa shape index (κ1) is 10.4. The molecule has 1 aliphatic heterocycles. The number of hydrogen-bond acceptors (Lipinski definition) is 5. The van der Waals surface area contributed by atoms with Gasteiger partial charge >= 0.3 is 0 Å². The van der Waals surface area contributed by atoms with Crippen LogP contribution in [-0.4, -0.2) is 29.2 Å². The van der Waals surface area contributed by atoms with Gasteiger partial charge < -0.3 is 15.8 Å². The van der Waals surface area contributed by atoms with Crippen molar-refractivity contribution in [2.75, 3.05) is 24.2 Å². The van der Waals surface area contributed by atoms with E-state index in [4.69, 9.17) is 22.1 Å². The van der Waals surface area contributed by atoms with Crippen LogP contribution in [0.1, 0.15) is 12.8 Å².